The van der Waals surface area contributed by atoms with Gasteiger partial charge in [0.25, 0.3) is 0 Å². The number of thiazole rings is 1. The van der Waals surface area contributed by atoms with Gasteiger partial charge in [0.2, 0.25) is 0 Å². The third-order valence-electron chi connectivity index (χ3n) is 5.76. The first kappa shape index (κ1) is 18.8. The van der Waals surface area contributed by atoms with Gasteiger partial charge in [-0.25, -0.2) is 9.78 Å². The third kappa shape index (κ3) is 2.73. The van der Waals surface area contributed by atoms with E-state index in [0.717, 1.165) is 27.1 Å². The van der Waals surface area contributed by atoms with Crippen LogP contribution in [0, 0.1) is 5.41 Å². The van der Waals surface area contributed by atoms with Crippen molar-refractivity contribution in [1.82, 2.24) is 9.55 Å². The Morgan fingerprint density at radius 3 is 2.80 bits per heavy atom. The second-order valence-corrected chi connectivity index (χ2v) is 9.56. The number of hydrogen-bond acceptors (Lipinski definition) is 5. The Morgan fingerprint density at radius 2 is 2.13 bits per heavy atom. The van der Waals surface area contributed by atoms with Gasteiger partial charge < -0.3 is 14.1 Å². The van der Waals surface area contributed by atoms with E-state index < -0.39 is 11.4 Å². The number of nitrogens with zero attached hydrogens (tertiary/aromatic N) is 2. The molecule has 4 aromatic rings. The van der Waals surface area contributed by atoms with Crippen LogP contribution < -0.4 is 5.43 Å². The summed E-state index contributed by atoms with van der Waals surface area (Å²) in [6.07, 6.45) is 3.91. The monoisotopic (exact) mass is 420 g/mol. The minimum atomic E-state index is -1.22. The molecule has 5 rings (SSSR count). The second kappa shape index (κ2) is 6.40. The third-order valence-corrected chi connectivity index (χ3v) is 6.56. The highest BCUT2D eigenvalue weighted by molar-refractivity contribution is 7.13. The number of rotatable bonds is 2. The van der Waals surface area contributed by atoms with Gasteiger partial charge in [-0.15, -0.1) is 11.3 Å². The summed E-state index contributed by atoms with van der Waals surface area (Å²) < 4.78 is 8.25. The molecule has 1 N–H and O–H groups in total. The first-order valence-corrected chi connectivity index (χ1v) is 10.6. The number of benzene rings is 1. The summed E-state index contributed by atoms with van der Waals surface area (Å²) >= 11 is 1.54. The number of para-hydroxylation sites is 1. The highest BCUT2D eigenvalue weighted by Gasteiger charge is 2.36. The molecule has 0 saturated heterocycles. The Balaban J connectivity index is 1.84. The molecule has 3 aromatic heterocycles. The van der Waals surface area contributed by atoms with Crippen LogP contribution in [0.5, 0.6) is 0 Å². The Labute approximate surface area is 176 Å². The predicted octanol–water partition coefficient (Wildman–Crippen LogP) is 5.23. The van der Waals surface area contributed by atoms with Gasteiger partial charge in [-0.05, 0) is 17.9 Å². The molecule has 1 aromatic carbocycles. The number of carbonyl (C=O) groups is 1. The van der Waals surface area contributed by atoms with E-state index in [-0.39, 0.29) is 17.0 Å². The van der Waals surface area contributed by atoms with Crippen molar-refractivity contribution in [3.8, 4) is 22.0 Å². The molecule has 4 heterocycles. The van der Waals surface area contributed by atoms with Crippen LogP contribution in [0.15, 0.2) is 51.3 Å². The number of aromatic carboxylic acids is 1. The van der Waals surface area contributed by atoms with Gasteiger partial charge in [-0.1, -0.05) is 32.9 Å². The van der Waals surface area contributed by atoms with Crippen molar-refractivity contribution >= 4 is 28.3 Å². The molecule has 0 spiro atoms. The molecule has 0 aliphatic carbocycles. The van der Waals surface area contributed by atoms with E-state index in [0.29, 0.717) is 17.9 Å². The molecule has 0 radical (unpaired) electrons. The molecule has 6 nitrogen and oxygen atoms in total. The summed E-state index contributed by atoms with van der Waals surface area (Å²) in [5, 5.41) is 13.3. The molecular weight excluding hydrogens is 400 g/mol. The van der Waals surface area contributed by atoms with Gasteiger partial charge in [-0.2, -0.15) is 0 Å². The van der Waals surface area contributed by atoms with Gasteiger partial charge in [0.05, 0.1) is 11.3 Å². The van der Waals surface area contributed by atoms with Crippen molar-refractivity contribution in [2.24, 2.45) is 5.41 Å². The quantitative estimate of drug-likeness (QED) is 0.480. The molecule has 0 saturated carbocycles. The van der Waals surface area contributed by atoms with E-state index in [9.17, 15) is 14.7 Å². The van der Waals surface area contributed by atoms with E-state index >= 15 is 0 Å². The van der Waals surface area contributed by atoms with Crippen LogP contribution in [-0.2, 0) is 6.42 Å². The van der Waals surface area contributed by atoms with Crippen molar-refractivity contribution in [3.05, 3.63) is 63.4 Å². The minimum absolute atomic E-state index is 0.0250. The fraction of sp³-hybridized carbons (Fsp3) is 0.261. The van der Waals surface area contributed by atoms with Crippen LogP contribution in [0.4, 0.5) is 0 Å². The highest BCUT2D eigenvalue weighted by Crippen LogP contribution is 2.47. The number of pyridine rings is 1. The Bertz CT molecular complexity index is 1360. The van der Waals surface area contributed by atoms with Crippen LogP contribution in [0.25, 0.3) is 33.0 Å². The summed E-state index contributed by atoms with van der Waals surface area (Å²) in [5.41, 5.74) is 2.42. The van der Waals surface area contributed by atoms with Gasteiger partial charge in [0.15, 0.2) is 11.2 Å². The Hall–Kier alpha value is -3.19. The average molecular weight is 420 g/mol. The van der Waals surface area contributed by atoms with Crippen LogP contribution >= 0.6 is 11.3 Å². The van der Waals surface area contributed by atoms with E-state index in [1.807, 2.05) is 28.1 Å². The zero-order valence-corrected chi connectivity index (χ0v) is 17.6. The fourth-order valence-electron chi connectivity index (χ4n) is 4.27. The normalized spacial score (nSPS) is 15.8. The van der Waals surface area contributed by atoms with E-state index in [1.165, 1.54) is 12.3 Å². The molecule has 152 valence electrons. The number of furan rings is 1. The second-order valence-electron chi connectivity index (χ2n) is 8.66. The Morgan fingerprint density at radius 1 is 1.33 bits per heavy atom. The largest absolute Gasteiger partial charge is 0.477 e. The van der Waals surface area contributed by atoms with E-state index in [2.05, 4.69) is 25.8 Å². The van der Waals surface area contributed by atoms with Gasteiger partial charge in [0.1, 0.15) is 16.2 Å². The lowest BCUT2D eigenvalue weighted by Gasteiger charge is -2.37. The van der Waals surface area contributed by atoms with Crippen LogP contribution in [-0.4, -0.2) is 20.6 Å². The van der Waals surface area contributed by atoms with Crippen LogP contribution in [0.1, 0.15) is 42.7 Å². The molecule has 0 unspecified atom stereocenters. The van der Waals surface area contributed by atoms with Crippen molar-refractivity contribution in [1.29, 1.82) is 0 Å². The van der Waals surface area contributed by atoms with Crippen molar-refractivity contribution in [2.75, 3.05) is 0 Å². The van der Waals surface area contributed by atoms with Crippen LogP contribution in [0.2, 0.25) is 0 Å². The lowest BCUT2D eigenvalue weighted by Crippen LogP contribution is -2.32. The van der Waals surface area contributed by atoms with Crippen molar-refractivity contribution < 1.29 is 14.3 Å². The number of carboxylic acid groups (broad SMARTS) is 1. The number of fused-ring (bicyclic) bond motifs is 5. The zero-order chi connectivity index (χ0) is 21.2. The molecular formula is C23H20N2O4S. The smallest absolute Gasteiger partial charge is 0.341 e. The molecule has 1 atom stereocenters. The summed E-state index contributed by atoms with van der Waals surface area (Å²) in [6.45, 7) is 6.36. The summed E-state index contributed by atoms with van der Waals surface area (Å²) in [5.74, 6) is -0.590. The van der Waals surface area contributed by atoms with Crippen molar-refractivity contribution in [3.63, 3.8) is 0 Å². The Kier molecular flexibility index (Phi) is 4.02. The maximum absolute atomic E-state index is 12.5. The zero-order valence-electron chi connectivity index (χ0n) is 16.8. The predicted molar refractivity (Wildman–Crippen MR) is 116 cm³/mol. The molecule has 7 heteroatoms. The fourth-order valence-corrected chi connectivity index (χ4v) is 4.93. The SMILES string of the molecule is CC(C)(C)[C@H]1Cc2c(oc3c(-c4nccs4)cccc23)-c2cc(=O)c(C(=O)O)cn21. The maximum atomic E-state index is 12.5. The number of aromatic nitrogens is 2. The molecule has 0 amide bonds. The average Bonchev–Trinajstić information content (AvgIpc) is 3.33. The number of hydrogen-bond donors (Lipinski definition) is 1. The van der Waals surface area contributed by atoms with E-state index in [4.69, 9.17) is 4.42 Å². The van der Waals surface area contributed by atoms with Gasteiger partial charge in [0, 0.05) is 40.8 Å². The lowest BCUT2D eigenvalue weighted by atomic mass is 9.79. The highest BCUT2D eigenvalue weighted by atomic mass is 32.1. The summed E-state index contributed by atoms with van der Waals surface area (Å²) in [7, 11) is 0. The van der Waals surface area contributed by atoms with Crippen LogP contribution in [0.3, 0.4) is 0 Å². The van der Waals surface area contributed by atoms with Crippen molar-refractivity contribution in [2.45, 2.75) is 33.2 Å². The number of carboxylic acids is 1. The summed E-state index contributed by atoms with van der Waals surface area (Å²) in [4.78, 5) is 28.5. The van der Waals surface area contributed by atoms with Gasteiger partial charge in [-0.3, -0.25) is 4.79 Å². The maximum Gasteiger partial charge on any atom is 0.341 e. The molecule has 0 fully saturated rings. The summed E-state index contributed by atoms with van der Waals surface area (Å²) in [6, 6.07) is 7.39. The first-order valence-electron chi connectivity index (χ1n) is 9.70. The molecule has 1 aliphatic rings. The molecule has 0 bridgehead atoms. The topological polar surface area (TPSA) is 85.3 Å². The lowest BCUT2D eigenvalue weighted by molar-refractivity contribution is 0.0693. The standard InChI is InChI=1S/C23H20N2O4S/c1-23(2,3)18-9-14-12-5-4-6-13(21-24-7-8-30-21)19(12)29-20(14)16-10-17(26)15(22(27)28)11-25(16)18/h4-8,10-11,18H,9H2,1-3H3,(H,27,28)/t18-/m1/s1. The minimum Gasteiger partial charge on any atom is -0.477 e. The van der Waals surface area contributed by atoms with E-state index in [1.54, 1.807) is 17.5 Å². The molecule has 30 heavy (non-hydrogen) atoms. The van der Waals surface area contributed by atoms with Gasteiger partial charge >= 0.3 is 5.97 Å². The first-order chi connectivity index (χ1) is 14.3. The molecule has 1 aliphatic heterocycles.